The molecule has 1 aromatic rings. The van der Waals surface area contributed by atoms with Gasteiger partial charge in [0.15, 0.2) is 5.82 Å². The highest BCUT2D eigenvalue weighted by molar-refractivity contribution is 5.66. The summed E-state index contributed by atoms with van der Waals surface area (Å²) in [7, 11) is 1.91. The third-order valence-corrected chi connectivity index (χ3v) is 3.60. The van der Waals surface area contributed by atoms with Crippen LogP contribution in [0.5, 0.6) is 0 Å². The fourth-order valence-corrected chi connectivity index (χ4v) is 2.65. The van der Waals surface area contributed by atoms with Crippen molar-refractivity contribution in [3.05, 3.63) is 5.69 Å². The van der Waals surface area contributed by atoms with Crippen molar-refractivity contribution in [2.75, 3.05) is 23.8 Å². The molecule has 1 aliphatic heterocycles. The minimum absolute atomic E-state index is 0.176. The monoisotopic (exact) mass is 238 g/mol. The molecular formula is C12H22N4O. The van der Waals surface area contributed by atoms with Crippen LogP contribution in [0.2, 0.25) is 0 Å². The highest BCUT2D eigenvalue weighted by atomic mass is 16.3. The van der Waals surface area contributed by atoms with Crippen LogP contribution in [0.15, 0.2) is 0 Å². The van der Waals surface area contributed by atoms with Crippen molar-refractivity contribution < 1.29 is 5.11 Å². The number of hydrogen-bond acceptors (Lipinski definition) is 4. The Labute approximate surface area is 102 Å². The van der Waals surface area contributed by atoms with Gasteiger partial charge in [0.1, 0.15) is 0 Å². The number of aliphatic hydroxyl groups is 1. The number of nitrogens with zero attached hydrogens (tertiary/aromatic N) is 3. The molecule has 0 radical (unpaired) electrons. The molecular weight excluding hydrogens is 216 g/mol. The third-order valence-electron chi connectivity index (χ3n) is 3.60. The molecule has 2 heterocycles. The zero-order chi connectivity index (χ0) is 12.4. The van der Waals surface area contributed by atoms with Gasteiger partial charge < -0.3 is 15.7 Å². The first-order valence-corrected chi connectivity index (χ1v) is 6.31. The van der Waals surface area contributed by atoms with Gasteiger partial charge in [0.05, 0.1) is 24.0 Å². The van der Waals surface area contributed by atoms with Crippen LogP contribution in [-0.2, 0) is 7.05 Å². The summed E-state index contributed by atoms with van der Waals surface area (Å²) < 4.78 is 1.83. The smallest absolute Gasteiger partial charge is 0.150 e. The molecule has 2 rings (SSSR count). The van der Waals surface area contributed by atoms with Crippen LogP contribution < -0.4 is 10.6 Å². The third kappa shape index (κ3) is 2.24. The van der Waals surface area contributed by atoms with E-state index in [4.69, 9.17) is 5.73 Å². The van der Waals surface area contributed by atoms with E-state index >= 15 is 0 Å². The lowest BCUT2D eigenvalue weighted by atomic mass is 10.1. The summed E-state index contributed by atoms with van der Waals surface area (Å²) in [4.78, 5) is 2.22. The average molecular weight is 238 g/mol. The van der Waals surface area contributed by atoms with Crippen molar-refractivity contribution in [1.29, 1.82) is 0 Å². The van der Waals surface area contributed by atoms with Crippen molar-refractivity contribution >= 4 is 11.5 Å². The highest BCUT2D eigenvalue weighted by Crippen LogP contribution is 2.30. The maximum atomic E-state index is 9.52. The van der Waals surface area contributed by atoms with E-state index in [9.17, 15) is 5.11 Å². The van der Waals surface area contributed by atoms with Gasteiger partial charge in [-0.25, -0.2) is 0 Å². The second-order valence-electron chi connectivity index (χ2n) is 4.83. The average Bonchev–Trinajstić information content (AvgIpc) is 2.50. The second-order valence-corrected chi connectivity index (χ2v) is 4.83. The molecule has 1 atom stereocenters. The molecule has 0 spiro atoms. The molecule has 3 N–H and O–H groups in total. The molecule has 0 amide bonds. The van der Waals surface area contributed by atoms with Gasteiger partial charge in [0.2, 0.25) is 0 Å². The number of nitrogens with two attached hydrogens (primary N) is 1. The van der Waals surface area contributed by atoms with E-state index in [2.05, 4.69) is 10.00 Å². The minimum atomic E-state index is 0.176. The fraction of sp³-hybridized carbons (Fsp3) is 0.750. The van der Waals surface area contributed by atoms with E-state index in [1.54, 1.807) is 0 Å². The predicted octanol–water partition coefficient (Wildman–Crippen LogP) is 1.05. The molecule has 1 aliphatic rings. The Balaban J connectivity index is 2.34. The Hall–Kier alpha value is -1.23. The number of rotatable bonds is 2. The topological polar surface area (TPSA) is 67.3 Å². The summed E-state index contributed by atoms with van der Waals surface area (Å²) in [6.45, 7) is 3.06. The standard InChI is InChI=1S/C12H22N4O/c1-9-11(13)12(15(2)14-9)16-7-5-3-4-6-10(16)8-17/h10,17H,3-8,13H2,1-2H3. The van der Waals surface area contributed by atoms with Crippen molar-refractivity contribution in [2.45, 2.75) is 38.6 Å². The number of nitrogen functional groups attached to an aromatic ring is 1. The van der Waals surface area contributed by atoms with Crippen molar-refractivity contribution in [2.24, 2.45) is 7.05 Å². The van der Waals surface area contributed by atoms with Crippen LogP contribution >= 0.6 is 0 Å². The quantitative estimate of drug-likeness (QED) is 0.808. The van der Waals surface area contributed by atoms with E-state index in [1.807, 2.05) is 18.7 Å². The summed E-state index contributed by atoms with van der Waals surface area (Å²) in [5.74, 6) is 0.962. The van der Waals surface area contributed by atoms with E-state index in [-0.39, 0.29) is 12.6 Å². The molecule has 0 bridgehead atoms. The summed E-state index contributed by atoms with van der Waals surface area (Å²) in [6, 6.07) is 0.176. The number of aromatic nitrogens is 2. The van der Waals surface area contributed by atoms with Gasteiger partial charge in [0.25, 0.3) is 0 Å². The van der Waals surface area contributed by atoms with Crippen LogP contribution in [0.1, 0.15) is 31.4 Å². The van der Waals surface area contributed by atoms with Gasteiger partial charge in [-0.3, -0.25) is 4.68 Å². The summed E-state index contributed by atoms with van der Waals surface area (Å²) >= 11 is 0. The molecule has 5 nitrogen and oxygen atoms in total. The number of aryl methyl sites for hydroxylation is 2. The molecule has 1 fully saturated rings. The largest absolute Gasteiger partial charge is 0.394 e. The van der Waals surface area contributed by atoms with Gasteiger partial charge >= 0.3 is 0 Å². The second kappa shape index (κ2) is 4.96. The number of hydrogen-bond donors (Lipinski definition) is 2. The lowest BCUT2D eigenvalue weighted by molar-refractivity contribution is 0.254. The van der Waals surface area contributed by atoms with Crippen LogP contribution in [0, 0.1) is 6.92 Å². The van der Waals surface area contributed by atoms with Crippen LogP contribution in [0.3, 0.4) is 0 Å². The normalized spacial score (nSPS) is 21.6. The SMILES string of the molecule is Cc1nn(C)c(N2CCCCCC2CO)c1N. The molecule has 1 unspecified atom stereocenters. The van der Waals surface area contributed by atoms with Crippen LogP contribution in [-0.4, -0.2) is 34.1 Å². The predicted molar refractivity (Wildman–Crippen MR) is 69.0 cm³/mol. The van der Waals surface area contributed by atoms with Crippen molar-refractivity contribution in [3.8, 4) is 0 Å². The lowest BCUT2D eigenvalue weighted by Gasteiger charge is -2.30. The minimum Gasteiger partial charge on any atom is -0.394 e. The zero-order valence-corrected chi connectivity index (χ0v) is 10.7. The summed E-state index contributed by atoms with van der Waals surface area (Å²) in [5, 5.41) is 13.9. The first kappa shape index (κ1) is 12.2. The number of aliphatic hydroxyl groups excluding tert-OH is 1. The molecule has 1 saturated heterocycles. The molecule has 0 aromatic carbocycles. The Morgan fingerprint density at radius 1 is 1.41 bits per heavy atom. The first-order valence-electron chi connectivity index (χ1n) is 6.31. The Bertz CT molecular complexity index is 388. The maximum Gasteiger partial charge on any atom is 0.150 e. The van der Waals surface area contributed by atoms with Gasteiger partial charge in [-0.1, -0.05) is 12.8 Å². The van der Waals surface area contributed by atoms with E-state index < -0.39 is 0 Å². The highest BCUT2D eigenvalue weighted by Gasteiger charge is 2.25. The van der Waals surface area contributed by atoms with E-state index in [0.717, 1.165) is 36.6 Å². The van der Waals surface area contributed by atoms with Crippen molar-refractivity contribution in [3.63, 3.8) is 0 Å². The molecule has 96 valence electrons. The van der Waals surface area contributed by atoms with Gasteiger partial charge in [0, 0.05) is 13.6 Å². The molecule has 0 aliphatic carbocycles. The maximum absolute atomic E-state index is 9.52. The Morgan fingerprint density at radius 2 is 2.18 bits per heavy atom. The van der Waals surface area contributed by atoms with E-state index in [0.29, 0.717) is 0 Å². The molecule has 5 heteroatoms. The molecule has 17 heavy (non-hydrogen) atoms. The molecule has 0 saturated carbocycles. The van der Waals surface area contributed by atoms with Crippen molar-refractivity contribution in [1.82, 2.24) is 9.78 Å². The van der Waals surface area contributed by atoms with Gasteiger partial charge in [-0.05, 0) is 19.8 Å². The van der Waals surface area contributed by atoms with Gasteiger partial charge in [-0.15, -0.1) is 0 Å². The summed E-state index contributed by atoms with van der Waals surface area (Å²) in [5.41, 5.74) is 7.70. The number of anilines is 2. The van der Waals surface area contributed by atoms with Crippen LogP contribution in [0.4, 0.5) is 11.5 Å². The Morgan fingerprint density at radius 3 is 2.76 bits per heavy atom. The van der Waals surface area contributed by atoms with Crippen LogP contribution in [0.25, 0.3) is 0 Å². The van der Waals surface area contributed by atoms with E-state index in [1.165, 1.54) is 12.8 Å². The fourth-order valence-electron chi connectivity index (χ4n) is 2.65. The van der Waals surface area contributed by atoms with Gasteiger partial charge in [-0.2, -0.15) is 5.10 Å². The zero-order valence-electron chi connectivity index (χ0n) is 10.7. The lowest BCUT2D eigenvalue weighted by Crippen LogP contribution is -2.39. The molecule has 1 aromatic heterocycles. The Kier molecular flexibility index (Phi) is 3.57. The summed E-state index contributed by atoms with van der Waals surface area (Å²) in [6.07, 6.45) is 4.59. The first-order chi connectivity index (χ1) is 8.15.